The summed E-state index contributed by atoms with van der Waals surface area (Å²) in [4.78, 5) is 25.6. The van der Waals surface area contributed by atoms with Crippen LogP contribution >= 0.6 is 0 Å². The minimum Gasteiger partial charge on any atom is -0.336 e. The van der Waals surface area contributed by atoms with Gasteiger partial charge < -0.3 is 5.32 Å². The van der Waals surface area contributed by atoms with Gasteiger partial charge in [0.1, 0.15) is 5.54 Å². The van der Waals surface area contributed by atoms with Crippen LogP contribution in [0.3, 0.4) is 0 Å². The van der Waals surface area contributed by atoms with Crippen LogP contribution in [0.2, 0.25) is 0 Å². The van der Waals surface area contributed by atoms with Crippen LogP contribution in [-0.4, -0.2) is 51.7 Å². The summed E-state index contributed by atoms with van der Waals surface area (Å²) in [5, 5.41) is 5.98. The van der Waals surface area contributed by atoms with E-state index >= 15 is 0 Å². The van der Waals surface area contributed by atoms with Crippen LogP contribution < -0.4 is 5.32 Å². The molecule has 1 heterocycles. The predicted octanol–water partition coefficient (Wildman–Crippen LogP) is 1.41. The zero-order chi connectivity index (χ0) is 18.0. The Morgan fingerprint density at radius 2 is 2.00 bits per heavy atom. The number of ketones is 1. The Balaban J connectivity index is 2.03. The third-order valence-corrected chi connectivity index (χ3v) is 4.37. The first-order valence-electron chi connectivity index (χ1n) is 7.72. The third-order valence-electron chi connectivity index (χ3n) is 4.37. The second-order valence-electron chi connectivity index (χ2n) is 6.28. The second-order valence-corrected chi connectivity index (χ2v) is 6.28. The molecular weight excluding hydrogens is 325 g/mol. The topological polar surface area (TPSA) is 67.2 Å². The number of aromatic nitrogens is 2. The number of hydrogen-bond donors (Lipinski definition) is 1. The Bertz CT molecular complexity index is 606. The maximum atomic E-state index is 12.6. The molecule has 1 aromatic heterocycles. The molecule has 0 unspecified atom stereocenters. The van der Waals surface area contributed by atoms with E-state index in [1.54, 1.807) is 35.9 Å². The number of aryl methyl sites for hydroxylation is 1. The van der Waals surface area contributed by atoms with Crippen LogP contribution in [0.25, 0.3) is 0 Å². The van der Waals surface area contributed by atoms with Gasteiger partial charge in [-0.05, 0) is 26.0 Å². The normalized spacial score (nSPS) is 17.2. The molecule has 0 saturated heterocycles. The number of likely N-dealkylation sites (N-methyl/N-ethyl adjacent to an activating group) is 1. The number of nitrogens with one attached hydrogen (secondary N) is 1. The van der Waals surface area contributed by atoms with E-state index in [1.807, 2.05) is 5.32 Å². The van der Waals surface area contributed by atoms with E-state index < -0.39 is 17.6 Å². The SMILES string of the molecule is CN(CC(=O)C1(NC(=O)C(F)(F)F)CCCC1)Cc1ccnn1C. The lowest BCUT2D eigenvalue weighted by Gasteiger charge is -2.31. The molecule has 1 fully saturated rings. The van der Waals surface area contributed by atoms with Crippen molar-refractivity contribution < 1.29 is 22.8 Å². The van der Waals surface area contributed by atoms with Crippen LogP contribution in [-0.2, 0) is 23.2 Å². The summed E-state index contributed by atoms with van der Waals surface area (Å²) in [6, 6.07) is 1.80. The number of halogens is 3. The summed E-state index contributed by atoms with van der Waals surface area (Å²) in [6.45, 7) is 0.398. The number of carbonyl (C=O) groups is 2. The van der Waals surface area contributed by atoms with Crippen molar-refractivity contribution in [2.24, 2.45) is 7.05 Å². The first-order valence-corrected chi connectivity index (χ1v) is 7.72. The van der Waals surface area contributed by atoms with E-state index in [1.165, 1.54) is 0 Å². The van der Waals surface area contributed by atoms with Crippen LogP contribution in [0.1, 0.15) is 31.4 Å². The lowest BCUT2D eigenvalue weighted by Crippen LogP contribution is -2.58. The highest BCUT2D eigenvalue weighted by Crippen LogP contribution is 2.32. The average molecular weight is 346 g/mol. The smallest absolute Gasteiger partial charge is 0.336 e. The van der Waals surface area contributed by atoms with Gasteiger partial charge in [-0.3, -0.25) is 19.2 Å². The molecule has 24 heavy (non-hydrogen) atoms. The van der Waals surface area contributed by atoms with Crippen molar-refractivity contribution in [3.8, 4) is 0 Å². The van der Waals surface area contributed by atoms with Crippen molar-refractivity contribution in [1.29, 1.82) is 0 Å². The molecule has 1 N–H and O–H groups in total. The summed E-state index contributed by atoms with van der Waals surface area (Å²) in [7, 11) is 3.48. The average Bonchev–Trinajstić information content (AvgIpc) is 3.09. The van der Waals surface area contributed by atoms with Crippen molar-refractivity contribution >= 4 is 11.7 Å². The minimum atomic E-state index is -4.99. The molecule has 0 bridgehead atoms. The van der Waals surface area contributed by atoms with Gasteiger partial charge in [-0.1, -0.05) is 12.8 Å². The highest BCUT2D eigenvalue weighted by Gasteiger charge is 2.48. The maximum absolute atomic E-state index is 12.6. The largest absolute Gasteiger partial charge is 0.471 e. The number of Topliss-reactive ketones (excluding diaryl/α,β-unsaturated/α-hetero) is 1. The first-order chi connectivity index (χ1) is 11.1. The Hall–Kier alpha value is -1.90. The molecule has 1 aliphatic rings. The Labute approximate surface area is 138 Å². The lowest BCUT2D eigenvalue weighted by atomic mass is 9.91. The zero-order valence-corrected chi connectivity index (χ0v) is 13.7. The summed E-state index contributed by atoms with van der Waals surface area (Å²) < 4.78 is 39.3. The molecule has 1 aromatic rings. The van der Waals surface area contributed by atoms with E-state index in [0.29, 0.717) is 19.4 Å². The van der Waals surface area contributed by atoms with Gasteiger partial charge in [0.2, 0.25) is 0 Å². The number of rotatable bonds is 6. The fourth-order valence-corrected chi connectivity index (χ4v) is 3.03. The second kappa shape index (κ2) is 6.92. The van der Waals surface area contributed by atoms with E-state index in [0.717, 1.165) is 5.69 Å². The molecule has 1 aliphatic carbocycles. The first kappa shape index (κ1) is 18.4. The van der Waals surface area contributed by atoms with Gasteiger partial charge in [0.15, 0.2) is 5.78 Å². The molecule has 0 spiro atoms. The number of carbonyl (C=O) groups excluding carboxylic acids is 2. The molecule has 0 aliphatic heterocycles. The van der Waals surface area contributed by atoms with E-state index in [9.17, 15) is 22.8 Å². The van der Waals surface area contributed by atoms with Gasteiger partial charge >= 0.3 is 12.1 Å². The van der Waals surface area contributed by atoms with Crippen molar-refractivity contribution in [2.45, 2.75) is 43.9 Å². The van der Waals surface area contributed by atoms with Gasteiger partial charge in [-0.2, -0.15) is 18.3 Å². The molecule has 1 saturated carbocycles. The molecule has 0 atom stereocenters. The molecule has 0 aromatic carbocycles. The summed E-state index contributed by atoms with van der Waals surface area (Å²) in [5.41, 5.74) is -0.530. The van der Waals surface area contributed by atoms with Crippen molar-refractivity contribution in [2.75, 3.05) is 13.6 Å². The molecule has 6 nitrogen and oxygen atoms in total. The minimum absolute atomic E-state index is 0.0384. The molecule has 2 rings (SSSR count). The fraction of sp³-hybridized carbons (Fsp3) is 0.667. The van der Waals surface area contributed by atoms with Crippen molar-refractivity contribution in [3.05, 3.63) is 18.0 Å². The Morgan fingerprint density at radius 1 is 1.38 bits per heavy atom. The van der Waals surface area contributed by atoms with Crippen LogP contribution in [0.15, 0.2) is 12.3 Å². The highest BCUT2D eigenvalue weighted by atomic mass is 19.4. The lowest BCUT2D eigenvalue weighted by molar-refractivity contribution is -0.176. The quantitative estimate of drug-likeness (QED) is 0.846. The van der Waals surface area contributed by atoms with Gasteiger partial charge in [-0.25, -0.2) is 0 Å². The van der Waals surface area contributed by atoms with E-state index in [4.69, 9.17) is 0 Å². The van der Waals surface area contributed by atoms with E-state index in [-0.39, 0.29) is 25.2 Å². The Morgan fingerprint density at radius 3 is 2.50 bits per heavy atom. The van der Waals surface area contributed by atoms with Gasteiger partial charge in [0.25, 0.3) is 0 Å². The molecular formula is C15H21F3N4O2. The summed E-state index contributed by atoms with van der Waals surface area (Å²) in [6.07, 6.45) is -1.63. The molecule has 9 heteroatoms. The number of nitrogens with zero attached hydrogens (tertiary/aromatic N) is 3. The summed E-state index contributed by atoms with van der Waals surface area (Å²) >= 11 is 0. The van der Waals surface area contributed by atoms with Gasteiger partial charge in [0.05, 0.1) is 12.2 Å². The fourth-order valence-electron chi connectivity index (χ4n) is 3.03. The Kier molecular flexibility index (Phi) is 5.32. The zero-order valence-electron chi connectivity index (χ0n) is 13.7. The molecule has 1 amide bonds. The molecule has 0 radical (unpaired) electrons. The van der Waals surface area contributed by atoms with Gasteiger partial charge in [0, 0.05) is 19.8 Å². The number of hydrogen-bond acceptors (Lipinski definition) is 4. The van der Waals surface area contributed by atoms with Crippen molar-refractivity contribution in [1.82, 2.24) is 20.0 Å². The maximum Gasteiger partial charge on any atom is 0.471 e. The van der Waals surface area contributed by atoms with Crippen molar-refractivity contribution in [3.63, 3.8) is 0 Å². The number of amides is 1. The van der Waals surface area contributed by atoms with Crippen LogP contribution in [0.4, 0.5) is 13.2 Å². The number of alkyl halides is 3. The van der Waals surface area contributed by atoms with Crippen LogP contribution in [0.5, 0.6) is 0 Å². The molecule has 134 valence electrons. The standard InChI is InChI=1S/C15H21F3N4O2/c1-21(9-11-5-8-19-22(11)2)10-12(23)14(6-3-4-7-14)20-13(24)15(16,17)18/h5,8H,3-4,6-7,9-10H2,1-2H3,(H,20,24). The monoisotopic (exact) mass is 346 g/mol. The predicted molar refractivity (Wildman–Crippen MR) is 79.9 cm³/mol. The third kappa shape index (κ3) is 4.14. The van der Waals surface area contributed by atoms with Gasteiger partial charge in [-0.15, -0.1) is 0 Å². The van der Waals surface area contributed by atoms with Crippen LogP contribution in [0, 0.1) is 0 Å². The van der Waals surface area contributed by atoms with E-state index in [2.05, 4.69) is 5.10 Å². The highest BCUT2D eigenvalue weighted by molar-refractivity contribution is 5.95. The summed E-state index contributed by atoms with van der Waals surface area (Å²) in [5.74, 6) is -2.44.